The number of alkyl halides is 2. The Balaban J connectivity index is 1.19. The van der Waals surface area contributed by atoms with Gasteiger partial charge in [-0.15, -0.1) is 11.3 Å². The second-order valence-corrected chi connectivity index (χ2v) is 12.8. The van der Waals surface area contributed by atoms with E-state index in [1.807, 2.05) is 19.9 Å². The molecule has 1 N–H and O–H groups in total. The van der Waals surface area contributed by atoms with E-state index in [2.05, 4.69) is 9.88 Å². The maximum atomic E-state index is 13.7. The molecular weight excluding hydrogens is 626 g/mol. The fourth-order valence-corrected chi connectivity index (χ4v) is 7.66. The molecule has 0 radical (unpaired) electrons. The number of benzene rings is 1. The Labute approximate surface area is 267 Å². The fourth-order valence-electron chi connectivity index (χ4n) is 6.48. The molecule has 0 spiro atoms. The lowest BCUT2D eigenvalue weighted by atomic mass is 9.90. The minimum absolute atomic E-state index is 0.0794. The van der Waals surface area contributed by atoms with Crippen molar-refractivity contribution in [1.82, 2.24) is 19.4 Å². The lowest BCUT2D eigenvalue weighted by Gasteiger charge is -2.39. The van der Waals surface area contributed by atoms with Crippen molar-refractivity contribution in [3.8, 4) is 16.9 Å². The summed E-state index contributed by atoms with van der Waals surface area (Å²) >= 11 is 7.69. The van der Waals surface area contributed by atoms with Gasteiger partial charge in [0.15, 0.2) is 0 Å². The lowest BCUT2D eigenvalue weighted by Crippen LogP contribution is -2.47. The molecule has 0 amide bonds. The first-order chi connectivity index (χ1) is 21.6. The number of carbonyl (C=O) groups is 1. The van der Waals surface area contributed by atoms with E-state index in [1.165, 1.54) is 11.3 Å². The van der Waals surface area contributed by atoms with E-state index in [0.29, 0.717) is 77.7 Å². The molecule has 238 valence electrons. The summed E-state index contributed by atoms with van der Waals surface area (Å²) in [6, 6.07) is 7.32. The summed E-state index contributed by atoms with van der Waals surface area (Å²) in [5, 5.41) is 11.7. The van der Waals surface area contributed by atoms with Crippen molar-refractivity contribution in [2.45, 2.75) is 71.3 Å². The highest BCUT2D eigenvalue weighted by Crippen LogP contribution is 2.40. The number of carboxylic acid groups (broad SMARTS) is 1. The van der Waals surface area contributed by atoms with Crippen LogP contribution in [-0.4, -0.2) is 69.0 Å². The first kappa shape index (κ1) is 31.5. The van der Waals surface area contributed by atoms with Crippen LogP contribution in [0.1, 0.15) is 52.4 Å². The van der Waals surface area contributed by atoms with Crippen LogP contribution in [-0.2, 0) is 24.1 Å². The SMILES string of the molecule is Cc1cc(-c2cc(Cl)ccc2OCCn2c(C)nc3c(c2=O)C[C@H](N2CCC(OC(F)F)CC2)CC3)c2scc(C(=O)O)c2n1. The van der Waals surface area contributed by atoms with Crippen molar-refractivity contribution in [3.63, 3.8) is 0 Å². The molecule has 6 rings (SSSR count). The standard InChI is InChI=1S/C32H33ClF2N4O5S/c1-17-13-23(29-28(36-17)25(16-45-29)31(41)42)22-14-19(33)3-6-27(22)43-12-11-39-18(2)37-26-5-4-20(15-24(26)30(39)40)38-9-7-21(8-10-38)44-32(34)35/h3,6,13-14,16,20-21,32H,4-5,7-12,15H2,1-2H3,(H,41,42)/t20-/m1/s1. The number of piperidine rings is 1. The predicted octanol–water partition coefficient (Wildman–Crippen LogP) is 6.13. The summed E-state index contributed by atoms with van der Waals surface area (Å²) in [5.41, 5.74) is 4.15. The second kappa shape index (κ2) is 13.1. The largest absolute Gasteiger partial charge is 0.491 e. The van der Waals surface area contributed by atoms with Gasteiger partial charge in [0.05, 0.1) is 34.1 Å². The van der Waals surface area contributed by atoms with Crippen molar-refractivity contribution in [2.24, 2.45) is 0 Å². The summed E-state index contributed by atoms with van der Waals surface area (Å²) in [5.74, 6) is 0.128. The van der Waals surface area contributed by atoms with Gasteiger partial charge in [-0.3, -0.25) is 19.2 Å². The molecule has 4 aromatic rings. The number of hydrogen-bond acceptors (Lipinski definition) is 8. The third-order valence-corrected chi connectivity index (χ3v) is 9.90. The zero-order chi connectivity index (χ0) is 31.8. The molecule has 1 aliphatic carbocycles. The third kappa shape index (κ3) is 6.60. The monoisotopic (exact) mass is 658 g/mol. The number of likely N-dealkylation sites (tertiary alicyclic amines) is 1. The number of pyridine rings is 1. The zero-order valence-corrected chi connectivity index (χ0v) is 26.5. The maximum Gasteiger partial charge on any atom is 0.345 e. The number of nitrogens with zero attached hydrogens (tertiary/aromatic N) is 4. The Morgan fingerprint density at radius 2 is 1.93 bits per heavy atom. The van der Waals surface area contributed by atoms with Crippen LogP contribution >= 0.6 is 22.9 Å². The summed E-state index contributed by atoms with van der Waals surface area (Å²) in [4.78, 5) is 37.0. The average Bonchev–Trinajstić information content (AvgIpc) is 3.43. The lowest BCUT2D eigenvalue weighted by molar-refractivity contribution is -0.173. The van der Waals surface area contributed by atoms with Gasteiger partial charge in [-0.2, -0.15) is 8.78 Å². The van der Waals surface area contributed by atoms with E-state index >= 15 is 0 Å². The molecule has 1 aromatic carbocycles. The molecule has 0 bridgehead atoms. The van der Waals surface area contributed by atoms with Crippen LogP contribution in [0.15, 0.2) is 34.4 Å². The summed E-state index contributed by atoms with van der Waals surface area (Å²) < 4.78 is 38.6. The molecule has 9 nitrogen and oxygen atoms in total. The zero-order valence-electron chi connectivity index (χ0n) is 24.9. The van der Waals surface area contributed by atoms with Crippen LogP contribution in [0.3, 0.4) is 0 Å². The van der Waals surface area contributed by atoms with Crippen molar-refractivity contribution in [3.05, 3.63) is 73.4 Å². The Morgan fingerprint density at radius 1 is 1.16 bits per heavy atom. The fraction of sp³-hybridized carbons (Fsp3) is 0.438. The number of aryl methyl sites for hydroxylation is 3. The first-order valence-corrected chi connectivity index (χ1v) is 16.2. The van der Waals surface area contributed by atoms with Gasteiger partial charge in [0.2, 0.25) is 0 Å². The van der Waals surface area contributed by atoms with E-state index < -0.39 is 18.7 Å². The van der Waals surface area contributed by atoms with Gasteiger partial charge in [-0.1, -0.05) is 11.6 Å². The van der Waals surface area contributed by atoms with Crippen LogP contribution in [0, 0.1) is 13.8 Å². The van der Waals surface area contributed by atoms with Crippen molar-refractivity contribution in [2.75, 3.05) is 19.7 Å². The first-order valence-electron chi connectivity index (χ1n) is 14.9. The number of carboxylic acids is 1. The van der Waals surface area contributed by atoms with Gasteiger partial charge in [-0.05, 0) is 70.2 Å². The molecule has 1 atom stereocenters. The molecule has 1 saturated heterocycles. The number of ether oxygens (including phenoxy) is 2. The third-order valence-electron chi connectivity index (χ3n) is 8.67. The van der Waals surface area contributed by atoms with E-state index in [1.54, 1.807) is 28.1 Å². The van der Waals surface area contributed by atoms with E-state index in [9.17, 15) is 23.5 Å². The summed E-state index contributed by atoms with van der Waals surface area (Å²) in [6.07, 6.45) is 2.80. The highest BCUT2D eigenvalue weighted by atomic mass is 35.5. The van der Waals surface area contributed by atoms with Gasteiger partial charge in [0.25, 0.3) is 5.56 Å². The molecular formula is C32H33ClF2N4O5S. The molecule has 4 heterocycles. The minimum Gasteiger partial charge on any atom is -0.491 e. The van der Waals surface area contributed by atoms with Gasteiger partial charge in [0, 0.05) is 51.9 Å². The van der Waals surface area contributed by atoms with Crippen molar-refractivity contribution in [1.29, 1.82) is 0 Å². The van der Waals surface area contributed by atoms with Gasteiger partial charge in [0.1, 0.15) is 18.2 Å². The number of hydrogen-bond donors (Lipinski definition) is 1. The quantitative estimate of drug-likeness (QED) is 0.229. The maximum absolute atomic E-state index is 13.7. The Bertz CT molecular complexity index is 1800. The number of halogens is 3. The normalized spacial score (nSPS) is 17.6. The molecule has 45 heavy (non-hydrogen) atoms. The Morgan fingerprint density at radius 3 is 2.67 bits per heavy atom. The van der Waals surface area contributed by atoms with Gasteiger partial charge >= 0.3 is 12.6 Å². The van der Waals surface area contributed by atoms with Crippen molar-refractivity contribution >= 4 is 39.1 Å². The predicted molar refractivity (Wildman–Crippen MR) is 168 cm³/mol. The number of thiophene rings is 1. The van der Waals surface area contributed by atoms with Crippen LogP contribution in [0.2, 0.25) is 5.02 Å². The number of fused-ring (bicyclic) bond motifs is 2. The summed E-state index contributed by atoms with van der Waals surface area (Å²) in [6.45, 7) is 2.67. The Hall–Kier alpha value is -3.45. The number of aromatic nitrogens is 3. The van der Waals surface area contributed by atoms with E-state index in [4.69, 9.17) is 26.1 Å². The average molecular weight is 659 g/mol. The van der Waals surface area contributed by atoms with E-state index in [0.717, 1.165) is 22.4 Å². The van der Waals surface area contributed by atoms with Gasteiger partial charge < -0.3 is 14.6 Å². The van der Waals surface area contributed by atoms with Crippen LogP contribution in [0.4, 0.5) is 8.78 Å². The minimum atomic E-state index is -2.75. The van der Waals surface area contributed by atoms with Crippen LogP contribution in [0.5, 0.6) is 5.75 Å². The molecule has 13 heteroatoms. The molecule has 3 aromatic heterocycles. The number of rotatable bonds is 9. The number of aromatic carboxylic acids is 1. The van der Waals surface area contributed by atoms with Crippen LogP contribution in [0.25, 0.3) is 21.3 Å². The molecule has 1 aliphatic heterocycles. The topological polar surface area (TPSA) is 107 Å². The van der Waals surface area contributed by atoms with Crippen LogP contribution < -0.4 is 10.3 Å². The molecule has 1 fully saturated rings. The Kier molecular flexibility index (Phi) is 9.19. The smallest absolute Gasteiger partial charge is 0.345 e. The second-order valence-electron chi connectivity index (χ2n) is 11.5. The van der Waals surface area contributed by atoms with Gasteiger partial charge in [-0.25, -0.2) is 9.78 Å². The molecule has 0 saturated carbocycles. The summed E-state index contributed by atoms with van der Waals surface area (Å²) in [7, 11) is 0. The van der Waals surface area contributed by atoms with E-state index in [-0.39, 0.29) is 30.3 Å². The molecule has 0 unspecified atom stereocenters. The van der Waals surface area contributed by atoms with Crippen molar-refractivity contribution < 1.29 is 28.2 Å². The molecule has 2 aliphatic rings. The highest BCUT2D eigenvalue weighted by molar-refractivity contribution is 7.18. The highest BCUT2D eigenvalue weighted by Gasteiger charge is 2.31.